The van der Waals surface area contributed by atoms with Crippen molar-refractivity contribution in [1.29, 1.82) is 0 Å². The summed E-state index contributed by atoms with van der Waals surface area (Å²) in [6, 6.07) is 7.51. The van der Waals surface area contributed by atoms with Gasteiger partial charge in [-0.15, -0.1) is 0 Å². The average Bonchev–Trinajstić information content (AvgIpc) is 2.61. The van der Waals surface area contributed by atoms with Gasteiger partial charge in [0.05, 0.1) is 13.3 Å². The predicted molar refractivity (Wildman–Crippen MR) is 93.7 cm³/mol. The lowest BCUT2D eigenvalue weighted by molar-refractivity contribution is 0.0512. The Hall–Kier alpha value is -1.82. The van der Waals surface area contributed by atoms with Crippen LogP contribution in [0.2, 0.25) is 5.02 Å². The first-order valence-corrected chi connectivity index (χ1v) is 8.02. The monoisotopic (exact) mass is 351 g/mol. The molecule has 130 valence electrons. The number of hydrogen-bond donors (Lipinski definition) is 1. The summed E-state index contributed by atoms with van der Waals surface area (Å²) in [4.78, 5) is 4.19. The van der Waals surface area contributed by atoms with Crippen molar-refractivity contribution >= 4 is 11.6 Å². The maximum absolute atomic E-state index is 9.37. The fourth-order valence-corrected chi connectivity index (χ4v) is 2.57. The summed E-state index contributed by atoms with van der Waals surface area (Å²) in [5, 5.41) is 9.99. The van der Waals surface area contributed by atoms with E-state index < -0.39 is 0 Å². The number of ether oxygens (including phenoxy) is 3. The van der Waals surface area contributed by atoms with Gasteiger partial charge in [0.15, 0.2) is 6.79 Å². The second kappa shape index (κ2) is 8.87. The van der Waals surface area contributed by atoms with Gasteiger partial charge in [-0.1, -0.05) is 24.6 Å². The zero-order valence-corrected chi connectivity index (χ0v) is 14.8. The molecule has 0 fully saturated rings. The Bertz CT molecular complexity index is 678. The first-order valence-electron chi connectivity index (χ1n) is 7.64. The molecule has 0 saturated heterocycles. The molecule has 2 aromatic rings. The first-order chi connectivity index (χ1) is 11.6. The van der Waals surface area contributed by atoms with Gasteiger partial charge < -0.3 is 19.3 Å². The van der Waals surface area contributed by atoms with E-state index in [2.05, 4.69) is 4.98 Å². The van der Waals surface area contributed by atoms with Crippen molar-refractivity contribution in [2.45, 2.75) is 13.3 Å². The van der Waals surface area contributed by atoms with E-state index in [0.29, 0.717) is 16.7 Å². The third-order valence-corrected chi connectivity index (χ3v) is 3.86. The van der Waals surface area contributed by atoms with Gasteiger partial charge in [0, 0.05) is 30.4 Å². The number of rotatable bonds is 8. The van der Waals surface area contributed by atoms with E-state index >= 15 is 0 Å². The van der Waals surface area contributed by atoms with Gasteiger partial charge >= 0.3 is 0 Å². The summed E-state index contributed by atoms with van der Waals surface area (Å²) in [7, 11) is 3.12. The molecule has 1 N–H and O–H groups in total. The number of halogens is 1. The molecule has 0 aliphatic rings. The van der Waals surface area contributed by atoms with Crippen molar-refractivity contribution in [3.8, 4) is 22.8 Å². The molecule has 0 aliphatic heterocycles. The highest BCUT2D eigenvalue weighted by Gasteiger charge is 2.15. The van der Waals surface area contributed by atoms with Crippen LogP contribution in [0.3, 0.4) is 0 Å². The molecule has 0 aliphatic carbocycles. The third kappa shape index (κ3) is 4.60. The second-order valence-corrected chi connectivity index (χ2v) is 6.00. The molecule has 1 heterocycles. The Kier molecular flexibility index (Phi) is 6.85. The summed E-state index contributed by atoms with van der Waals surface area (Å²) >= 11 is 6.21. The minimum atomic E-state index is 0.115. The Morgan fingerprint density at radius 1 is 1.21 bits per heavy atom. The predicted octanol–water partition coefficient (Wildman–Crippen LogP) is 3.56. The molecule has 0 amide bonds. The van der Waals surface area contributed by atoms with E-state index in [4.69, 9.17) is 25.8 Å². The molecular formula is C18H22ClNO4. The van der Waals surface area contributed by atoms with Crippen LogP contribution in [-0.4, -0.2) is 37.7 Å². The van der Waals surface area contributed by atoms with Crippen LogP contribution in [0.25, 0.3) is 11.1 Å². The fourth-order valence-electron chi connectivity index (χ4n) is 2.40. The summed E-state index contributed by atoms with van der Waals surface area (Å²) in [5.74, 6) is 1.20. The van der Waals surface area contributed by atoms with E-state index in [9.17, 15) is 5.11 Å². The molecule has 5 nitrogen and oxygen atoms in total. The molecule has 0 radical (unpaired) electrons. The highest BCUT2D eigenvalue weighted by Crippen LogP contribution is 2.36. The van der Waals surface area contributed by atoms with Crippen molar-refractivity contribution in [3.63, 3.8) is 0 Å². The van der Waals surface area contributed by atoms with E-state index in [-0.39, 0.29) is 19.3 Å². The Morgan fingerprint density at radius 2 is 2.00 bits per heavy atom. The SMILES string of the molecule is COCOc1cnc(OC)cc1-c1cc(Cl)ccc1CC(C)CO. The van der Waals surface area contributed by atoms with Crippen LogP contribution < -0.4 is 9.47 Å². The molecule has 0 spiro atoms. The molecule has 0 saturated carbocycles. The number of methoxy groups -OCH3 is 2. The standard InChI is InChI=1S/C18H22ClNO4/c1-12(10-21)6-13-4-5-14(19)7-15(13)16-8-18(23-3)20-9-17(16)24-11-22-2/h4-5,7-9,12,21H,6,10-11H2,1-3H3. The van der Waals surface area contributed by atoms with Crippen LogP contribution in [0.15, 0.2) is 30.5 Å². The summed E-state index contributed by atoms with van der Waals surface area (Å²) in [6.07, 6.45) is 2.32. The number of pyridine rings is 1. The summed E-state index contributed by atoms with van der Waals surface area (Å²) in [5.41, 5.74) is 2.81. The quantitative estimate of drug-likeness (QED) is 0.737. The molecule has 1 aromatic heterocycles. The van der Waals surface area contributed by atoms with Crippen LogP contribution in [-0.2, 0) is 11.2 Å². The maximum atomic E-state index is 9.37. The largest absolute Gasteiger partial charge is 0.481 e. The molecule has 1 atom stereocenters. The van der Waals surface area contributed by atoms with Crippen molar-refractivity contribution in [2.75, 3.05) is 27.6 Å². The molecule has 1 unspecified atom stereocenters. The van der Waals surface area contributed by atoms with Crippen molar-refractivity contribution < 1.29 is 19.3 Å². The lowest BCUT2D eigenvalue weighted by atomic mass is 9.93. The minimum Gasteiger partial charge on any atom is -0.481 e. The Labute approximate surface area is 147 Å². The number of nitrogens with zero attached hydrogens (tertiary/aromatic N) is 1. The van der Waals surface area contributed by atoms with E-state index in [0.717, 1.165) is 23.1 Å². The van der Waals surface area contributed by atoms with Gasteiger partial charge in [0.25, 0.3) is 0 Å². The summed E-state index contributed by atoms with van der Waals surface area (Å²) in [6.45, 7) is 2.23. The van der Waals surface area contributed by atoms with Gasteiger partial charge in [-0.2, -0.15) is 0 Å². The molecule has 1 aromatic carbocycles. The third-order valence-electron chi connectivity index (χ3n) is 3.63. The van der Waals surface area contributed by atoms with Crippen LogP contribution in [0, 0.1) is 5.92 Å². The summed E-state index contributed by atoms with van der Waals surface area (Å²) < 4.78 is 15.9. The van der Waals surface area contributed by atoms with Crippen molar-refractivity contribution in [1.82, 2.24) is 4.98 Å². The lowest BCUT2D eigenvalue weighted by Gasteiger charge is -2.17. The van der Waals surface area contributed by atoms with Gasteiger partial charge in [-0.05, 0) is 35.6 Å². The van der Waals surface area contributed by atoms with Crippen LogP contribution in [0.4, 0.5) is 0 Å². The number of benzene rings is 1. The number of hydrogen-bond acceptors (Lipinski definition) is 5. The molecule has 0 bridgehead atoms. The molecule has 24 heavy (non-hydrogen) atoms. The van der Waals surface area contributed by atoms with Crippen LogP contribution in [0.1, 0.15) is 12.5 Å². The maximum Gasteiger partial charge on any atom is 0.213 e. The number of aliphatic hydroxyl groups is 1. The smallest absolute Gasteiger partial charge is 0.213 e. The average molecular weight is 352 g/mol. The minimum absolute atomic E-state index is 0.115. The molecule has 6 heteroatoms. The van der Waals surface area contributed by atoms with Crippen molar-refractivity contribution in [2.24, 2.45) is 5.92 Å². The normalized spacial score (nSPS) is 12.0. The van der Waals surface area contributed by atoms with E-state index in [1.807, 2.05) is 31.2 Å². The number of aliphatic hydroxyl groups excluding tert-OH is 1. The highest BCUT2D eigenvalue weighted by molar-refractivity contribution is 6.30. The Morgan fingerprint density at radius 3 is 2.67 bits per heavy atom. The molecular weight excluding hydrogens is 330 g/mol. The Balaban J connectivity index is 2.53. The second-order valence-electron chi connectivity index (χ2n) is 5.57. The first kappa shape index (κ1) is 18.5. The topological polar surface area (TPSA) is 60.8 Å². The van der Waals surface area contributed by atoms with Gasteiger partial charge in [0.1, 0.15) is 5.75 Å². The lowest BCUT2D eigenvalue weighted by Crippen LogP contribution is -2.07. The van der Waals surface area contributed by atoms with E-state index in [1.165, 1.54) is 0 Å². The van der Waals surface area contributed by atoms with Crippen LogP contribution >= 0.6 is 11.6 Å². The highest BCUT2D eigenvalue weighted by atomic mass is 35.5. The fraction of sp³-hybridized carbons (Fsp3) is 0.389. The van der Waals surface area contributed by atoms with Crippen molar-refractivity contribution in [3.05, 3.63) is 41.0 Å². The van der Waals surface area contributed by atoms with Gasteiger partial charge in [0.2, 0.25) is 5.88 Å². The zero-order chi connectivity index (χ0) is 17.5. The van der Waals surface area contributed by atoms with E-state index in [1.54, 1.807) is 20.4 Å². The van der Waals surface area contributed by atoms with Gasteiger partial charge in [-0.3, -0.25) is 0 Å². The van der Waals surface area contributed by atoms with Crippen LogP contribution in [0.5, 0.6) is 11.6 Å². The zero-order valence-electron chi connectivity index (χ0n) is 14.1. The van der Waals surface area contributed by atoms with Gasteiger partial charge in [-0.25, -0.2) is 4.98 Å². The molecule has 2 rings (SSSR count). The number of aromatic nitrogens is 1.